The van der Waals surface area contributed by atoms with E-state index in [9.17, 15) is 5.11 Å². The highest BCUT2D eigenvalue weighted by molar-refractivity contribution is 4.99. The van der Waals surface area contributed by atoms with E-state index in [-0.39, 0.29) is 0 Å². The second-order valence-corrected chi connectivity index (χ2v) is 3.66. The van der Waals surface area contributed by atoms with Crippen molar-refractivity contribution < 1.29 is 5.11 Å². The molecule has 0 aromatic carbocycles. The average Bonchev–Trinajstić information content (AvgIpc) is 2.19. The largest absolute Gasteiger partial charge is 0.391 e. The van der Waals surface area contributed by atoms with Gasteiger partial charge in [-0.25, -0.2) is 0 Å². The van der Waals surface area contributed by atoms with Crippen molar-refractivity contribution >= 4 is 0 Å². The van der Waals surface area contributed by atoms with Gasteiger partial charge in [0.2, 0.25) is 0 Å². The second kappa shape index (κ2) is 8.77. The van der Waals surface area contributed by atoms with Gasteiger partial charge in [0.15, 0.2) is 0 Å². The van der Waals surface area contributed by atoms with Gasteiger partial charge in [-0.2, -0.15) is 5.26 Å². The van der Waals surface area contributed by atoms with Gasteiger partial charge in [0.05, 0.1) is 18.1 Å². The van der Waals surface area contributed by atoms with Crippen molar-refractivity contribution in [1.29, 1.82) is 5.26 Å². The molecule has 0 aliphatic carbocycles. The molecule has 80 valence electrons. The summed E-state index contributed by atoms with van der Waals surface area (Å²) in [6.45, 7) is 5.71. The van der Waals surface area contributed by atoms with Crippen LogP contribution in [0.25, 0.3) is 0 Å². The molecule has 0 heterocycles. The molecule has 0 saturated carbocycles. The maximum absolute atomic E-state index is 9.57. The van der Waals surface area contributed by atoms with E-state index >= 15 is 0 Å². The van der Waals surface area contributed by atoms with Gasteiger partial charge < -0.3 is 5.11 Å². The fourth-order valence-corrected chi connectivity index (χ4v) is 1.43. The lowest BCUT2D eigenvalue weighted by molar-refractivity contribution is 0.138. The van der Waals surface area contributed by atoms with E-state index in [4.69, 9.17) is 5.26 Å². The molecule has 0 bridgehead atoms. The Labute approximate surface area is 87.3 Å². The highest BCUT2D eigenvalue weighted by Gasteiger charge is 2.13. The minimum atomic E-state index is -0.529. The van der Waals surface area contributed by atoms with E-state index in [0.717, 1.165) is 12.8 Å². The summed E-state index contributed by atoms with van der Waals surface area (Å²) in [5.41, 5.74) is 0. The van der Waals surface area contributed by atoms with Crippen LogP contribution in [0.1, 0.15) is 45.4 Å². The molecule has 2 heteroatoms. The van der Waals surface area contributed by atoms with Crippen LogP contribution in [0.3, 0.4) is 0 Å². The lowest BCUT2D eigenvalue weighted by Gasteiger charge is -2.12. The van der Waals surface area contributed by atoms with E-state index in [1.165, 1.54) is 25.3 Å². The molecule has 0 amide bonds. The molecule has 2 unspecified atom stereocenters. The Balaban J connectivity index is 3.48. The highest BCUT2D eigenvalue weighted by atomic mass is 16.3. The van der Waals surface area contributed by atoms with Gasteiger partial charge in [0.1, 0.15) is 0 Å². The van der Waals surface area contributed by atoms with Crippen LogP contribution in [0.2, 0.25) is 0 Å². The molecular weight excluding hydrogens is 174 g/mol. The Hall–Kier alpha value is -0.810. The van der Waals surface area contributed by atoms with Gasteiger partial charge >= 0.3 is 0 Å². The molecule has 0 saturated heterocycles. The topological polar surface area (TPSA) is 44.0 Å². The average molecular weight is 195 g/mol. The van der Waals surface area contributed by atoms with Crippen molar-refractivity contribution in [1.82, 2.24) is 0 Å². The van der Waals surface area contributed by atoms with Crippen LogP contribution in [-0.4, -0.2) is 11.2 Å². The van der Waals surface area contributed by atoms with E-state index < -0.39 is 12.0 Å². The molecule has 0 aromatic rings. The lowest BCUT2D eigenvalue weighted by atomic mass is 9.98. The summed E-state index contributed by atoms with van der Waals surface area (Å²) in [4.78, 5) is 0. The second-order valence-electron chi connectivity index (χ2n) is 3.66. The Kier molecular flexibility index (Phi) is 8.27. The number of nitriles is 1. The third-order valence-corrected chi connectivity index (χ3v) is 2.42. The number of hydrogen-bond donors (Lipinski definition) is 1. The summed E-state index contributed by atoms with van der Waals surface area (Å²) in [5.74, 6) is -0.402. The van der Waals surface area contributed by atoms with Crippen LogP contribution in [0.15, 0.2) is 12.7 Å². The maximum atomic E-state index is 9.57. The predicted molar refractivity (Wildman–Crippen MR) is 58.7 cm³/mol. The first-order chi connectivity index (χ1) is 6.76. The normalized spacial score (nSPS) is 14.4. The summed E-state index contributed by atoms with van der Waals surface area (Å²) in [6, 6.07) is 2.04. The van der Waals surface area contributed by atoms with Gasteiger partial charge in [-0.05, 0) is 6.42 Å². The fraction of sp³-hybridized carbons (Fsp3) is 0.750. The van der Waals surface area contributed by atoms with Gasteiger partial charge in [-0.15, -0.1) is 6.58 Å². The van der Waals surface area contributed by atoms with Crippen LogP contribution in [0, 0.1) is 17.2 Å². The summed E-state index contributed by atoms with van der Waals surface area (Å²) >= 11 is 0. The molecule has 0 fully saturated rings. The Morgan fingerprint density at radius 2 is 2.00 bits per heavy atom. The van der Waals surface area contributed by atoms with E-state index in [1.807, 2.05) is 6.07 Å². The number of unbranched alkanes of at least 4 members (excludes halogenated alkanes) is 4. The zero-order valence-corrected chi connectivity index (χ0v) is 9.08. The molecule has 14 heavy (non-hydrogen) atoms. The zero-order valence-electron chi connectivity index (χ0n) is 9.08. The van der Waals surface area contributed by atoms with E-state index in [0.29, 0.717) is 6.42 Å². The smallest absolute Gasteiger partial charge is 0.0900 e. The summed E-state index contributed by atoms with van der Waals surface area (Å²) < 4.78 is 0. The van der Waals surface area contributed by atoms with Crippen LogP contribution < -0.4 is 0 Å². The lowest BCUT2D eigenvalue weighted by Crippen LogP contribution is -2.16. The molecule has 0 aliphatic heterocycles. The van der Waals surface area contributed by atoms with Crippen molar-refractivity contribution in [3.63, 3.8) is 0 Å². The Bertz CT molecular complexity index is 183. The standard InChI is InChI=1S/C12H21NO/c1-3-5-6-7-8-9-12(14)11(4-2)10-13/h4,11-12,14H,2-3,5-9H2,1H3. The number of hydrogen-bond acceptors (Lipinski definition) is 2. The van der Waals surface area contributed by atoms with E-state index in [2.05, 4.69) is 13.5 Å². The van der Waals surface area contributed by atoms with Gasteiger partial charge in [0, 0.05) is 0 Å². The van der Waals surface area contributed by atoms with Crippen molar-refractivity contribution in [3.8, 4) is 6.07 Å². The molecular formula is C12H21NO. The fourth-order valence-electron chi connectivity index (χ4n) is 1.43. The molecule has 0 spiro atoms. The van der Waals surface area contributed by atoms with Gasteiger partial charge in [-0.1, -0.05) is 45.1 Å². The summed E-state index contributed by atoms with van der Waals surface area (Å²) in [7, 11) is 0. The minimum absolute atomic E-state index is 0.402. The molecule has 0 rings (SSSR count). The van der Waals surface area contributed by atoms with Crippen LogP contribution in [0.4, 0.5) is 0 Å². The zero-order chi connectivity index (χ0) is 10.8. The SMILES string of the molecule is C=CC(C#N)C(O)CCCCCCC. The minimum Gasteiger partial charge on any atom is -0.391 e. The molecule has 2 atom stereocenters. The Morgan fingerprint density at radius 1 is 1.36 bits per heavy atom. The van der Waals surface area contributed by atoms with Crippen molar-refractivity contribution in [2.75, 3.05) is 0 Å². The first kappa shape index (κ1) is 13.2. The van der Waals surface area contributed by atoms with Crippen LogP contribution in [0.5, 0.6) is 0 Å². The van der Waals surface area contributed by atoms with Gasteiger partial charge in [0.25, 0.3) is 0 Å². The molecule has 1 N–H and O–H groups in total. The number of rotatable bonds is 8. The summed E-state index contributed by atoms with van der Waals surface area (Å²) in [6.07, 6.45) is 7.60. The number of aliphatic hydroxyl groups excluding tert-OH is 1. The van der Waals surface area contributed by atoms with Crippen LogP contribution >= 0.6 is 0 Å². The third-order valence-electron chi connectivity index (χ3n) is 2.42. The number of nitrogens with zero attached hydrogens (tertiary/aromatic N) is 1. The number of aliphatic hydroxyl groups is 1. The third kappa shape index (κ3) is 5.77. The van der Waals surface area contributed by atoms with Crippen LogP contribution in [-0.2, 0) is 0 Å². The summed E-state index contributed by atoms with van der Waals surface area (Å²) in [5, 5.41) is 18.2. The predicted octanol–water partition coefficient (Wildman–Crippen LogP) is 3.03. The highest BCUT2D eigenvalue weighted by Crippen LogP contribution is 2.13. The monoisotopic (exact) mass is 195 g/mol. The molecule has 0 aromatic heterocycles. The van der Waals surface area contributed by atoms with E-state index in [1.54, 1.807) is 0 Å². The first-order valence-corrected chi connectivity index (χ1v) is 5.46. The molecule has 2 nitrogen and oxygen atoms in total. The molecule has 0 radical (unpaired) electrons. The van der Waals surface area contributed by atoms with Crippen molar-refractivity contribution in [2.45, 2.75) is 51.6 Å². The van der Waals surface area contributed by atoms with Crippen molar-refractivity contribution in [2.24, 2.45) is 5.92 Å². The first-order valence-electron chi connectivity index (χ1n) is 5.46. The van der Waals surface area contributed by atoms with Gasteiger partial charge in [-0.3, -0.25) is 0 Å². The molecule has 0 aliphatic rings. The quantitative estimate of drug-likeness (QED) is 0.478. The maximum Gasteiger partial charge on any atom is 0.0900 e. The Morgan fingerprint density at radius 3 is 2.50 bits per heavy atom. The van der Waals surface area contributed by atoms with Crippen molar-refractivity contribution in [3.05, 3.63) is 12.7 Å².